The van der Waals surface area contributed by atoms with Crippen molar-refractivity contribution in [1.82, 2.24) is 4.90 Å². The van der Waals surface area contributed by atoms with Crippen LogP contribution in [0.1, 0.15) is 12.0 Å². The monoisotopic (exact) mass is 357 g/mol. The molecule has 1 fully saturated rings. The van der Waals surface area contributed by atoms with E-state index in [0.717, 1.165) is 17.4 Å². The van der Waals surface area contributed by atoms with Crippen LogP contribution in [0, 0.1) is 5.92 Å². The van der Waals surface area contributed by atoms with Crippen molar-refractivity contribution in [3.63, 3.8) is 0 Å². The van der Waals surface area contributed by atoms with Gasteiger partial charge in [0.15, 0.2) is 11.5 Å². The van der Waals surface area contributed by atoms with Gasteiger partial charge >= 0.3 is 0 Å². The molecule has 0 aliphatic carbocycles. The third kappa shape index (κ3) is 3.61. The fraction of sp³-hybridized carbons (Fsp3) is 0.533. The quantitative estimate of drug-likeness (QED) is 0.792. The van der Waals surface area contributed by atoms with Gasteiger partial charge in [0, 0.05) is 24.8 Å². The summed E-state index contributed by atoms with van der Waals surface area (Å²) in [5.74, 6) is 1.38. The molecule has 2 rings (SSSR count). The lowest BCUT2D eigenvalue weighted by Crippen LogP contribution is -2.27. The predicted molar refractivity (Wildman–Crippen MR) is 83.4 cm³/mol. The smallest absolute Gasteiger partial charge is 0.222 e. The van der Waals surface area contributed by atoms with E-state index < -0.39 is 0 Å². The van der Waals surface area contributed by atoms with Crippen LogP contribution >= 0.6 is 15.9 Å². The molecule has 0 bridgehead atoms. The van der Waals surface area contributed by atoms with Gasteiger partial charge in [0.1, 0.15) is 0 Å². The molecule has 1 unspecified atom stereocenters. The van der Waals surface area contributed by atoms with E-state index in [-0.39, 0.29) is 11.7 Å². The Morgan fingerprint density at radius 3 is 2.43 bits per heavy atom. The van der Waals surface area contributed by atoms with Gasteiger partial charge in [-0.15, -0.1) is 0 Å². The second kappa shape index (κ2) is 7.02. The van der Waals surface area contributed by atoms with Gasteiger partial charge in [0.2, 0.25) is 11.7 Å². The highest BCUT2D eigenvalue weighted by Crippen LogP contribution is 2.37. The number of nitrogens with zero attached hydrogens (tertiary/aromatic N) is 1. The zero-order chi connectivity index (χ0) is 15.4. The van der Waals surface area contributed by atoms with Crippen LogP contribution in [0.3, 0.4) is 0 Å². The van der Waals surface area contributed by atoms with E-state index >= 15 is 0 Å². The highest BCUT2D eigenvalue weighted by Gasteiger charge is 2.28. The summed E-state index contributed by atoms with van der Waals surface area (Å²) >= 11 is 3.43. The summed E-state index contributed by atoms with van der Waals surface area (Å²) in [5, 5.41) is 10.7. The summed E-state index contributed by atoms with van der Waals surface area (Å²) in [4.78, 5) is 13.8. The lowest BCUT2D eigenvalue weighted by atomic mass is 10.1. The maximum atomic E-state index is 11.9. The fourth-order valence-corrected chi connectivity index (χ4v) is 2.96. The van der Waals surface area contributed by atoms with E-state index in [1.54, 1.807) is 12.1 Å². The van der Waals surface area contributed by atoms with Crippen LogP contribution in [0.5, 0.6) is 17.2 Å². The molecule has 116 valence electrons. The van der Waals surface area contributed by atoms with Crippen LogP contribution in [-0.4, -0.2) is 48.6 Å². The summed E-state index contributed by atoms with van der Waals surface area (Å²) < 4.78 is 10.3. The Hall–Kier alpha value is -1.43. The number of hydrogen-bond acceptors (Lipinski definition) is 4. The lowest BCUT2D eigenvalue weighted by Gasteiger charge is -2.17. The number of methoxy groups -OCH3 is 2. The number of hydrogen-bond donors (Lipinski definition) is 1. The average molecular weight is 358 g/mol. The van der Waals surface area contributed by atoms with E-state index in [1.807, 2.05) is 4.90 Å². The highest BCUT2D eigenvalue weighted by molar-refractivity contribution is 9.09. The minimum atomic E-state index is 0.000326. The Labute approximate surface area is 133 Å². The molecule has 1 aromatic rings. The van der Waals surface area contributed by atoms with Crippen LogP contribution in [0.2, 0.25) is 0 Å². The molecular formula is C15H20BrNO4. The molecule has 1 saturated heterocycles. The molecular weight excluding hydrogens is 338 g/mol. The van der Waals surface area contributed by atoms with Gasteiger partial charge in [0.05, 0.1) is 14.2 Å². The maximum Gasteiger partial charge on any atom is 0.222 e. The molecule has 1 aliphatic heterocycles. The topological polar surface area (TPSA) is 59.0 Å². The third-order valence-corrected chi connectivity index (χ3v) is 4.64. The number of halogens is 1. The van der Waals surface area contributed by atoms with Gasteiger partial charge in [-0.05, 0) is 30.0 Å². The maximum absolute atomic E-state index is 11.9. The number of rotatable bonds is 6. The van der Waals surface area contributed by atoms with Crippen LogP contribution in [0.15, 0.2) is 12.1 Å². The number of alkyl halides is 1. The van der Waals surface area contributed by atoms with Gasteiger partial charge in [-0.25, -0.2) is 0 Å². The summed E-state index contributed by atoms with van der Waals surface area (Å²) in [6, 6.07) is 3.56. The van der Waals surface area contributed by atoms with E-state index in [1.165, 1.54) is 14.2 Å². The molecule has 5 nitrogen and oxygen atoms in total. The van der Waals surface area contributed by atoms with E-state index in [9.17, 15) is 9.90 Å². The zero-order valence-corrected chi connectivity index (χ0v) is 13.9. The standard InChI is InChI=1S/C15H20BrNO4/c1-20-12-5-10(6-13(21-2)15(12)19)3-4-17-9-11(8-16)7-14(17)18/h5-6,11,19H,3-4,7-9H2,1-2H3. The summed E-state index contributed by atoms with van der Waals surface area (Å²) in [7, 11) is 3.01. The molecule has 21 heavy (non-hydrogen) atoms. The minimum Gasteiger partial charge on any atom is -0.502 e. The Morgan fingerprint density at radius 1 is 1.33 bits per heavy atom. The first-order chi connectivity index (χ1) is 10.1. The summed E-state index contributed by atoms with van der Waals surface area (Å²) in [5.41, 5.74) is 0.969. The molecule has 1 N–H and O–H groups in total. The van der Waals surface area contributed by atoms with E-state index in [4.69, 9.17) is 9.47 Å². The Bertz CT molecular complexity index is 495. The van der Waals surface area contributed by atoms with Gasteiger partial charge in [-0.1, -0.05) is 15.9 Å². The van der Waals surface area contributed by atoms with Crippen LogP contribution in [0.25, 0.3) is 0 Å². The molecule has 1 atom stereocenters. The van der Waals surface area contributed by atoms with Crippen LogP contribution in [0.4, 0.5) is 0 Å². The second-order valence-corrected chi connectivity index (χ2v) is 5.81. The zero-order valence-electron chi connectivity index (χ0n) is 12.3. The molecule has 1 aromatic carbocycles. The Balaban J connectivity index is 2.05. The molecule has 0 aromatic heterocycles. The van der Waals surface area contributed by atoms with Crippen molar-refractivity contribution in [1.29, 1.82) is 0 Å². The number of aromatic hydroxyl groups is 1. The number of amides is 1. The number of ether oxygens (including phenoxy) is 2. The molecule has 0 radical (unpaired) electrons. The minimum absolute atomic E-state index is 0.000326. The summed E-state index contributed by atoms with van der Waals surface area (Å²) in [6.07, 6.45) is 1.32. The van der Waals surface area contributed by atoms with Crippen molar-refractivity contribution in [3.8, 4) is 17.2 Å². The third-order valence-electron chi connectivity index (χ3n) is 3.72. The van der Waals surface area contributed by atoms with Crippen molar-refractivity contribution < 1.29 is 19.4 Å². The van der Waals surface area contributed by atoms with Gasteiger partial charge in [0.25, 0.3) is 0 Å². The summed E-state index contributed by atoms with van der Waals surface area (Å²) in [6.45, 7) is 1.47. The fourth-order valence-electron chi connectivity index (χ4n) is 2.53. The van der Waals surface area contributed by atoms with Crippen LogP contribution in [-0.2, 0) is 11.2 Å². The van der Waals surface area contributed by atoms with Crippen molar-refractivity contribution >= 4 is 21.8 Å². The number of benzene rings is 1. The molecule has 1 heterocycles. The van der Waals surface area contributed by atoms with Crippen molar-refractivity contribution in [3.05, 3.63) is 17.7 Å². The van der Waals surface area contributed by atoms with Crippen LogP contribution < -0.4 is 9.47 Å². The van der Waals surface area contributed by atoms with Gasteiger partial charge < -0.3 is 19.5 Å². The molecule has 6 heteroatoms. The normalized spacial score (nSPS) is 18.1. The highest BCUT2D eigenvalue weighted by atomic mass is 79.9. The van der Waals surface area contributed by atoms with Crippen molar-refractivity contribution in [2.45, 2.75) is 12.8 Å². The predicted octanol–water partition coefficient (Wildman–Crippen LogP) is 2.20. The van der Waals surface area contributed by atoms with E-state index in [0.29, 0.717) is 36.8 Å². The lowest BCUT2D eigenvalue weighted by molar-refractivity contribution is -0.127. The average Bonchev–Trinajstić information content (AvgIpc) is 2.86. The first-order valence-corrected chi connectivity index (χ1v) is 7.98. The molecule has 0 spiro atoms. The van der Waals surface area contributed by atoms with Crippen molar-refractivity contribution in [2.75, 3.05) is 32.6 Å². The second-order valence-electron chi connectivity index (χ2n) is 5.16. The van der Waals surface area contributed by atoms with Gasteiger partial charge in [-0.3, -0.25) is 4.79 Å². The first-order valence-electron chi connectivity index (χ1n) is 6.86. The SMILES string of the molecule is COc1cc(CCN2CC(CBr)CC2=O)cc(OC)c1O. The van der Waals surface area contributed by atoms with E-state index in [2.05, 4.69) is 15.9 Å². The Morgan fingerprint density at radius 2 is 1.95 bits per heavy atom. The molecule has 1 amide bonds. The molecule has 0 saturated carbocycles. The van der Waals surface area contributed by atoms with Crippen molar-refractivity contribution in [2.24, 2.45) is 5.92 Å². The molecule has 1 aliphatic rings. The first kappa shape index (κ1) is 15.9. The number of phenolic OH excluding ortho intramolecular Hbond substituents is 1. The van der Waals surface area contributed by atoms with Gasteiger partial charge in [-0.2, -0.15) is 0 Å². The number of likely N-dealkylation sites (tertiary alicyclic amines) is 1. The number of phenols is 1. The largest absolute Gasteiger partial charge is 0.502 e. The Kier molecular flexibility index (Phi) is 5.33. The number of carbonyl (C=O) groups is 1. The number of carbonyl (C=O) groups excluding carboxylic acids is 1.